The minimum atomic E-state index is -0.701. The number of carbonyl (C=O) groups excluding carboxylic acids is 1. The second kappa shape index (κ2) is 9.50. The van der Waals surface area contributed by atoms with Gasteiger partial charge in [-0.3, -0.25) is 0 Å². The van der Waals surface area contributed by atoms with Crippen molar-refractivity contribution in [3.05, 3.63) is 65.5 Å². The van der Waals surface area contributed by atoms with Crippen molar-refractivity contribution >= 4 is 23.8 Å². The molecule has 2 rings (SSSR count). The van der Waals surface area contributed by atoms with Crippen LogP contribution in [0.1, 0.15) is 5.56 Å². The van der Waals surface area contributed by atoms with Gasteiger partial charge in [0, 0.05) is 10.6 Å². The highest BCUT2D eigenvalue weighted by molar-refractivity contribution is 7.99. The van der Waals surface area contributed by atoms with Crippen molar-refractivity contribution in [2.24, 2.45) is 0 Å². The van der Waals surface area contributed by atoms with E-state index in [1.165, 1.54) is 23.9 Å². The summed E-state index contributed by atoms with van der Waals surface area (Å²) in [5.74, 6) is 0.0697. The van der Waals surface area contributed by atoms with Crippen LogP contribution in [0.4, 0.5) is 4.39 Å². The minimum absolute atomic E-state index is 0.0828. The zero-order chi connectivity index (χ0) is 18.1. The minimum Gasteiger partial charge on any atom is -0.497 e. The average molecular weight is 357 g/mol. The van der Waals surface area contributed by atoms with Crippen LogP contribution in [0.15, 0.2) is 59.0 Å². The van der Waals surface area contributed by atoms with E-state index in [1.807, 2.05) is 6.07 Å². The Morgan fingerprint density at radius 2 is 1.96 bits per heavy atom. The molecule has 0 fully saturated rings. The second-order valence-corrected chi connectivity index (χ2v) is 5.99. The molecule has 2 aromatic rings. The molecule has 0 heterocycles. The lowest BCUT2D eigenvalue weighted by Crippen LogP contribution is -2.09. The van der Waals surface area contributed by atoms with Crippen LogP contribution in [-0.4, -0.2) is 25.4 Å². The number of methoxy groups -OCH3 is 1. The maximum absolute atomic E-state index is 13.5. The van der Waals surface area contributed by atoms with Gasteiger partial charge in [-0.15, -0.1) is 11.8 Å². The molecular weight excluding hydrogens is 341 g/mol. The van der Waals surface area contributed by atoms with Crippen molar-refractivity contribution in [2.45, 2.75) is 4.90 Å². The summed E-state index contributed by atoms with van der Waals surface area (Å²) in [7, 11) is 1.56. The van der Waals surface area contributed by atoms with E-state index < -0.39 is 5.97 Å². The van der Waals surface area contributed by atoms with Crippen LogP contribution < -0.4 is 4.74 Å². The number of esters is 1. The first-order chi connectivity index (χ1) is 12.1. The van der Waals surface area contributed by atoms with E-state index in [0.29, 0.717) is 22.0 Å². The second-order valence-electron chi connectivity index (χ2n) is 4.86. The lowest BCUT2D eigenvalue weighted by molar-refractivity contribution is -0.137. The van der Waals surface area contributed by atoms with Crippen molar-refractivity contribution in [1.29, 1.82) is 5.26 Å². The van der Waals surface area contributed by atoms with Gasteiger partial charge in [-0.1, -0.05) is 24.3 Å². The number of nitrogens with zero attached hydrogens (tertiary/aromatic N) is 1. The van der Waals surface area contributed by atoms with Gasteiger partial charge in [-0.25, -0.2) is 9.18 Å². The average Bonchev–Trinajstić information content (AvgIpc) is 2.65. The topological polar surface area (TPSA) is 59.3 Å². The Kier molecular flexibility index (Phi) is 7.05. The van der Waals surface area contributed by atoms with Crippen molar-refractivity contribution < 1.29 is 18.7 Å². The SMILES string of the molecule is COc1ccc(/C=C(\C#N)C(=O)OCCSc2ccccc2F)cc1. The van der Waals surface area contributed by atoms with Crippen molar-refractivity contribution in [3.8, 4) is 11.8 Å². The molecule has 0 saturated carbocycles. The fraction of sp³-hybridized carbons (Fsp3) is 0.158. The van der Waals surface area contributed by atoms with Gasteiger partial charge >= 0.3 is 5.97 Å². The molecule has 0 saturated heterocycles. The third-order valence-electron chi connectivity index (χ3n) is 3.18. The summed E-state index contributed by atoms with van der Waals surface area (Å²) in [6.07, 6.45) is 1.45. The maximum Gasteiger partial charge on any atom is 0.348 e. The van der Waals surface area contributed by atoms with E-state index >= 15 is 0 Å². The number of nitriles is 1. The summed E-state index contributed by atoms with van der Waals surface area (Å²) >= 11 is 1.25. The molecule has 128 valence electrons. The molecule has 0 spiro atoms. The van der Waals surface area contributed by atoms with E-state index in [0.717, 1.165) is 0 Å². The van der Waals surface area contributed by atoms with Gasteiger partial charge in [0.05, 0.1) is 7.11 Å². The maximum atomic E-state index is 13.5. The van der Waals surface area contributed by atoms with Crippen LogP contribution in [0.2, 0.25) is 0 Å². The van der Waals surface area contributed by atoms with Crippen LogP contribution >= 0.6 is 11.8 Å². The highest BCUT2D eigenvalue weighted by atomic mass is 32.2. The lowest BCUT2D eigenvalue weighted by atomic mass is 10.1. The third-order valence-corrected chi connectivity index (χ3v) is 4.19. The standard InChI is InChI=1S/C19H16FNO3S/c1-23-16-8-6-14(7-9-16)12-15(13-21)19(22)24-10-11-25-18-5-3-2-4-17(18)20/h2-9,12H,10-11H2,1H3/b15-12+. The Hall–Kier alpha value is -2.78. The molecule has 0 radical (unpaired) electrons. The fourth-order valence-corrected chi connectivity index (χ4v) is 2.70. The van der Waals surface area contributed by atoms with E-state index in [1.54, 1.807) is 49.6 Å². The van der Waals surface area contributed by atoms with Gasteiger partial charge in [-0.05, 0) is 35.9 Å². The van der Waals surface area contributed by atoms with E-state index in [9.17, 15) is 9.18 Å². The van der Waals surface area contributed by atoms with Crippen LogP contribution in [0.3, 0.4) is 0 Å². The van der Waals surface area contributed by atoms with E-state index in [2.05, 4.69) is 0 Å². The Bertz CT molecular complexity index is 797. The molecule has 0 bridgehead atoms. The third kappa shape index (κ3) is 5.66. The number of hydrogen-bond acceptors (Lipinski definition) is 5. The Labute approximate surface area is 149 Å². The van der Waals surface area contributed by atoms with Crippen LogP contribution in [-0.2, 0) is 9.53 Å². The van der Waals surface area contributed by atoms with Crippen LogP contribution in [0.25, 0.3) is 6.08 Å². The number of halogens is 1. The molecule has 0 aliphatic heterocycles. The van der Waals surface area contributed by atoms with Gasteiger partial charge in [-0.2, -0.15) is 5.26 Å². The van der Waals surface area contributed by atoms with Crippen LogP contribution in [0.5, 0.6) is 5.75 Å². The number of carbonyl (C=O) groups is 1. The molecular formula is C19H16FNO3S. The molecule has 0 N–H and O–H groups in total. The Balaban J connectivity index is 1.88. The Morgan fingerprint density at radius 3 is 2.60 bits per heavy atom. The quantitative estimate of drug-likeness (QED) is 0.246. The number of benzene rings is 2. The molecule has 6 heteroatoms. The molecule has 25 heavy (non-hydrogen) atoms. The fourth-order valence-electron chi connectivity index (χ4n) is 1.93. The van der Waals surface area contributed by atoms with Gasteiger partial charge < -0.3 is 9.47 Å². The number of rotatable bonds is 7. The summed E-state index contributed by atoms with van der Waals surface area (Å²) in [5, 5.41) is 9.13. The monoisotopic (exact) mass is 357 g/mol. The first-order valence-corrected chi connectivity index (χ1v) is 8.43. The van der Waals surface area contributed by atoms with Gasteiger partial charge in [0.25, 0.3) is 0 Å². The van der Waals surface area contributed by atoms with Crippen molar-refractivity contribution in [2.75, 3.05) is 19.5 Å². The summed E-state index contributed by atoms with van der Waals surface area (Å²) in [4.78, 5) is 12.5. The summed E-state index contributed by atoms with van der Waals surface area (Å²) < 4.78 is 23.6. The highest BCUT2D eigenvalue weighted by Crippen LogP contribution is 2.21. The molecule has 0 atom stereocenters. The zero-order valence-corrected chi connectivity index (χ0v) is 14.4. The molecule has 0 amide bonds. The summed E-state index contributed by atoms with van der Waals surface area (Å²) in [6, 6.07) is 15.2. The van der Waals surface area contributed by atoms with Crippen LogP contribution in [0, 0.1) is 17.1 Å². The van der Waals surface area contributed by atoms with Crippen molar-refractivity contribution in [3.63, 3.8) is 0 Å². The molecule has 2 aromatic carbocycles. The smallest absolute Gasteiger partial charge is 0.348 e. The first kappa shape index (κ1) is 18.6. The lowest BCUT2D eigenvalue weighted by Gasteiger charge is -2.05. The van der Waals surface area contributed by atoms with Gasteiger partial charge in [0.2, 0.25) is 0 Å². The predicted molar refractivity (Wildman–Crippen MR) is 94.7 cm³/mol. The summed E-state index contributed by atoms with van der Waals surface area (Å²) in [6.45, 7) is 0.0828. The normalized spacial score (nSPS) is 10.8. The Morgan fingerprint density at radius 1 is 1.24 bits per heavy atom. The van der Waals surface area contributed by atoms with E-state index in [4.69, 9.17) is 14.7 Å². The largest absolute Gasteiger partial charge is 0.497 e. The predicted octanol–water partition coefficient (Wildman–Crippen LogP) is 4.08. The van der Waals surface area contributed by atoms with Crippen molar-refractivity contribution in [1.82, 2.24) is 0 Å². The molecule has 0 aliphatic rings. The highest BCUT2D eigenvalue weighted by Gasteiger charge is 2.11. The number of thioether (sulfide) groups is 1. The van der Waals surface area contributed by atoms with E-state index in [-0.39, 0.29) is 18.0 Å². The molecule has 0 aliphatic carbocycles. The van der Waals surface area contributed by atoms with Gasteiger partial charge in [0.15, 0.2) is 0 Å². The molecule has 4 nitrogen and oxygen atoms in total. The van der Waals surface area contributed by atoms with Gasteiger partial charge in [0.1, 0.15) is 29.8 Å². The number of ether oxygens (including phenoxy) is 2. The first-order valence-electron chi connectivity index (χ1n) is 7.44. The molecule has 0 unspecified atom stereocenters. The zero-order valence-electron chi connectivity index (χ0n) is 13.6. The molecule has 0 aromatic heterocycles. The number of hydrogen-bond donors (Lipinski definition) is 0. The summed E-state index contributed by atoms with van der Waals surface area (Å²) in [5.41, 5.74) is 0.594.